The number of aromatic amines is 1. The van der Waals surface area contributed by atoms with Crippen LogP contribution in [0.3, 0.4) is 0 Å². The van der Waals surface area contributed by atoms with Gasteiger partial charge >= 0.3 is 0 Å². The maximum Gasteiger partial charge on any atom is 0.271 e. The fourth-order valence-electron chi connectivity index (χ4n) is 1.28. The first-order valence-electron chi connectivity index (χ1n) is 4.78. The lowest BCUT2D eigenvalue weighted by Gasteiger charge is -1.96. The van der Waals surface area contributed by atoms with Crippen molar-refractivity contribution >= 4 is 17.6 Å². The fourth-order valence-corrected chi connectivity index (χ4v) is 1.28. The van der Waals surface area contributed by atoms with Crippen molar-refractivity contribution in [3.63, 3.8) is 0 Å². The van der Waals surface area contributed by atoms with Gasteiger partial charge in [-0.05, 0) is 18.2 Å². The van der Waals surface area contributed by atoms with Crippen molar-refractivity contribution in [2.75, 3.05) is 0 Å². The molecule has 0 saturated carbocycles. The van der Waals surface area contributed by atoms with Gasteiger partial charge in [0.05, 0.1) is 16.8 Å². The van der Waals surface area contributed by atoms with Gasteiger partial charge in [-0.25, -0.2) is 4.39 Å². The number of rotatable bonds is 3. The summed E-state index contributed by atoms with van der Waals surface area (Å²) in [5.41, 5.74) is 0.440. The van der Waals surface area contributed by atoms with E-state index in [2.05, 4.69) is 9.98 Å². The van der Waals surface area contributed by atoms with Crippen molar-refractivity contribution in [3.05, 3.63) is 58.2 Å². The summed E-state index contributed by atoms with van der Waals surface area (Å²) in [6.45, 7) is 0. The molecule has 2 aromatic rings. The molecule has 0 saturated heterocycles. The smallest absolute Gasteiger partial charge is 0.271 e. The molecule has 17 heavy (non-hydrogen) atoms. The van der Waals surface area contributed by atoms with Crippen LogP contribution in [-0.4, -0.2) is 16.1 Å². The van der Waals surface area contributed by atoms with E-state index in [1.54, 1.807) is 18.3 Å². The number of nitro benzene ring substituents is 1. The van der Waals surface area contributed by atoms with E-state index in [1.807, 2.05) is 0 Å². The number of halogens is 1. The maximum atomic E-state index is 13.3. The van der Waals surface area contributed by atoms with Gasteiger partial charge in [0.2, 0.25) is 0 Å². The predicted octanol–water partition coefficient (Wildman–Crippen LogP) is 2.81. The van der Waals surface area contributed by atoms with E-state index >= 15 is 0 Å². The molecule has 1 N–H and O–H groups in total. The van der Waals surface area contributed by atoms with Crippen molar-refractivity contribution in [1.82, 2.24) is 4.98 Å². The summed E-state index contributed by atoms with van der Waals surface area (Å²) in [5, 5.41) is 10.5. The van der Waals surface area contributed by atoms with Crippen LogP contribution in [0.1, 0.15) is 5.69 Å². The largest absolute Gasteiger partial charge is 0.360 e. The maximum absolute atomic E-state index is 13.3. The zero-order chi connectivity index (χ0) is 12.3. The van der Waals surface area contributed by atoms with Gasteiger partial charge in [0.1, 0.15) is 11.5 Å². The standard InChI is InChI=1S/C11H8FN3O2/c12-10-4-3-9(15(16)17)6-11(10)14-7-8-2-1-5-13-8/h1-7,13H. The van der Waals surface area contributed by atoms with Gasteiger partial charge in [-0.3, -0.25) is 15.1 Å². The summed E-state index contributed by atoms with van der Waals surface area (Å²) in [6.07, 6.45) is 3.10. The van der Waals surface area contributed by atoms with Crippen LogP contribution in [0.15, 0.2) is 41.5 Å². The predicted molar refractivity (Wildman–Crippen MR) is 61.1 cm³/mol. The summed E-state index contributed by atoms with van der Waals surface area (Å²) < 4.78 is 13.3. The number of nitrogens with zero attached hydrogens (tertiary/aromatic N) is 2. The number of non-ortho nitro benzene ring substituents is 1. The molecule has 2 rings (SSSR count). The van der Waals surface area contributed by atoms with Crippen LogP contribution in [0.2, 0.25) is 0 Å². The minimum atomic E-state index is -0.599. The van der Waals surface area contributed by atoms with Gasteiger partial charge < -0.3 is 4.98 Å². The van der Waals surface area contributed by atoms with E-state index in [1.165, 1.54) is 6.21 Å². The Labute approximate surface area is 95.8 Å². The van der Waals surface area contributed by atoms with Crippen molar-refractivity contribution in [1.29, 1.82) is 0 Å². The molecule has 0 spiro atoms. The fraction of sp³-hybridized carbons (Fsp3) is 0. The first kappa shape index (κ1) is 11.0. The SMILES string of the molecule is O=[N+]([O-])c1ccc(F)c(N=Cc2ccc[nH]2)c1. The van der Waals surface area contributed by atoms with Gasteiger partial charge in [-0.2, -0.15) is 0 Å². The number of nitro groups is 1. The Morgan fingerprint density at radius 3 is 2.88 bits per heavy atom. The second-order valence-corrected chi connectivity index (χ2v) is 3.28. The second kappa shape index (κ2) is 4.56. The average molecular weight is 233 g/mol. The third-order valence-electron chi connectivity index (χ3n) is 2.11. The lowest BCUT2D eigenvalue weighted by molar-refractivity contribution is -0.384. The van der Waals surface area contributed by atoms with Gasteiger partial charge in [-0.1, -0.05) is 0 Å². The molecule has 1 heterocycles. The monoisotopic (exact) mass is 233 g/mol. The molecule has 1 aromatic heterocycles. The van der Waals surface area contributed by atoms with E-state index in [4.69, 9.17) is 0 Å². The van der Waals surface area contributed by atoms with Gasteiger partial charge in [0.25, 0.3) is 5.69 Å². The van der Waals surface area contributed by atoms with Crippen LogP contribution in [0.25, 0.3) is 0 Å². The average Bonchev–Trinajstić information content (AvgIpc) is 2.80. The summed E-state index contributed by atoms with van der Waals surface area (Å²) in [7, 11) is 0. The first-order valence-corrected chi connectivity index (χ1v) is 4.78. The minimum absolute atomic E-state index is 0.0613. The third kappa shape index (κ3) is 2.54. The third-order valence-corrected chi connectivity index (χ3v) is 2.11. The Balaban J connectivity index is 2.31. The highest BCUT2D eigenvalue weighted by atomic mass is 19.1. The number of aromatic nitrogens is 1. The Morgan fingerprint density at radius 1 is 1.41 bits per heavy atom. The number of aliphatic imine (C=N–C) groups is 1. The van der Waals surface area contributed by atoms with Gasteiger partial charge in [0, 0.05) is 18.3 Å². The zero-order valence-corrected chi connectivity index (χ0v) is 8.63. The topological polar surface area (TPSA) is 71.3 Å². The molecule has 0 unspecified atom stereocenters. The van der Waals surface area contributed by atoms with Gasteiger partial charge in [0.15, 0.2) is 0 Å². The number of H-pyrrole nitrogens is 1. The molecule has 0 aliphatic heterocycles. The Kier molecular flexibility index (Phi) is 2.95. The lowest BCUT2D eigenvalue weighted by Crippen LogP contribution is -1.88. The van der Waals surface area contributed by atoms with Crippen molar-refractivity contribution in [3.8, 4) is 0 Å². The van der Waals surface area contributed by atoms with E-state index in [0.29, 0.717) is 5.69 Å². The molecule has 0 bridgehead atoms. The molecule has 0 fully saturated rings. The van der Waals surface area contributed by atoms with Crippen molar-refractivity contribution < 1.29 is 9.31 Å². The Morgan fingerprint density at radius 2 is 2.24 bits per heavy atom. The van der Waals surface area contributed by atoms with Crippen molar-refractivity contribution in [2.45, 2.75) is 0 Å². The summed E-state index contributed by atoms with van der Waals surface area (Å²) in [6, 6.07) is 6.74. The Bertz CT molecular complexity index is 564. The Hall–Kier alpha value is -2.50. The number of hydrogen-bond acceptors (Lipinski definition) is 3. The van der Waals surface area contributed by atoms with Crippen LogP contribution >= 0.6 is 0 Å². The lowest BCUT2D eigenvalue weighted by atomic mass is 10.2. The van der Waals surface area contributed by atoms with Crippen LogP contribution in [0.5, 0.6) is 0 Å². The van der Waals surface area contributed by atoms with Crippen LogP contribution in [0, 0.1) is 15.9 Å². The summed E-state index contributed by atoms with van der Waals surface area (Å²) >= 11 is 0. The number of nitrogens with one attached hydrogen (secondary N) is 1. The quantitative estimate of drug-likeness (QED) is 0.503. The molecular formula is C11H8FN3O2. The van der Waals surface area contributed by atoms with Crippen LogP contribution in [0.4, 0.5) is 15.8 Å². The molecule has 6 heteroatoms. The van der Waals surface area contributed by atoms with E-state index in [9.17, 15) is 14.5 Å². The highest BCUT2D eigenvalue weighted by Crippen LogP contribution is 2.23. The first-order chi connectivity index (χ1) is 8.16. The molecule has 5 nitrogen and oxygen atoms in total. The molecule has 1 aromatic carbocycles. The molecule has 0 aliphatic carbocycles. The van der Waals surface area contributed by atoms with E-state index in [-0.39, 0.29) is 11.4 Å². The van der Waals surface area contributed by atoms with E-state index < -0.39 is 10.7 Å². The normalized spacial score (nSPS) is 10.9. The molecular weight excluding hydrogens is 225 g/mol. The van der Waals surface area contributed by atoms with Crippen molar-refractivity contribution in [2.24, 2.45) is 4.99 Å². The molecule has 86 valence electrons. The van der Waals surface area contributed by atoms with Gasteiger partial charge in [-0.15, -0.1) is 0 Å². The summed E-state index contributed by atoms with van der Waals surface area (Å²) in [5.74, 6) is -0.599. The second-order valence-electron chi connectivity index (χ2n) is 3.28. The highest BCUT2D eigenvalue weighted by molar-refractivity contribution is 5.79. The van der Waals surface area contributed by atoms with Crippen LogP contribution < -0.4 is 0 Å². The molecule has 0 aliphatic rings. The number of hydrogen-bond donors (Lipinski definition) is 1. The zero-order valence-electron chi connectivity index (χ0n) is 8.63. The highest BCUT2D eigenvalue weighted by Gasteiger charge is 2.09. The van der Waals surface area contributed by atoms with Crippen LogP contribution in [-0.2, 0) is 0 Å². The molecule has 0 radical (unpaired) electrons. The summed E-state index contributed by atoms with van der Waals surface area (Å²) in [4.78, 5) is 16.6. The number of benzene rings is 1. The minimum Gasteiger partial charge on any atom is -0.360 e. The van der Waals surface area contributed by atoms with E-state index in [0.717, 1.165) is 18.2 Å². The molecule has 0 amide bonds. The molecule has 0 atom stereocenters.